The molecule has 0 radical (unpaired) electrons. The van der Waals surface area contributed by atoms with Crippen LogP contribution >= 0.6 is 0 Å². The molecule has 4 rings (SSSR count). The van der Waals surface area contributed by atoms with E-state index in [-0.39, 0.29) is 36.4 Å². The molecule has 1 aromatic heterocycles. The fourth-order valence-corrected chi connectivity index (χ4v) is 4.03. The molecule has 2 aromatic carbocycles. The molecule has 1 unspecified atom stereocenters. The molecular formula is C26H27FN6O2. The van der Waals surface area contributed by atoms with E-state index in [1.807, 2.05) is 6.92 Å². The van der Waals surface area contributed by atoms with Crippen molar-refractivity contribution < 1.29 is 14.0 Å². The molecule has 9 heteroatoms. The standard InChI is InChI=1S/C26H27FN6O2/c1-16-14-33(26(35)22-6-3-11-30-22)15-21(24(16)31-13-17-7-9-18(27)10-8-17)23(29)25(34)32-20-5-2-4-19(28)12-20/h2-12,16,30H,13-15,28-29H2,1H3,(H,32,34). The summed E-state index contributed by atoms with van der Waals surface area (Å²) in [6.07, 6.45) is 1.68. The largest absolute Gasteiger partial charge is 0.399 e. The van der Waals surface area contributed by atoms with Gasteiger partial charge in [-0.3, -0.25) is 14.6 Å². The van der Waals surface area contributed by atoms with Crippen molar-refractivity contribution in [3.63, 3.8) is 0 Å². The lowest BCUT2D eigenvalue weighted by Gasteiger charge is -2.34. The van der Waals surface area contributed by atoms with E-state index < -0.39 is 5.91 Å². The summed E-state index contributed by atoms with van der Waals surface area (Å²) in [5, 5.41) is 2.76. The number of aromatic amines is 1. The highest BCUT2D eigenvalue weighted by molar-refractivity contribution is 6.13. The average Bonchev–Trinajstić information content (AvgIpc) is 3.38. The number of benzene rings is 2. The van der Waals surface area contributed by atoms with E-state index in [9.17, 15) is 14.0 Å². The zero-order chi connectivity index (χ0) is 24.9. The number of likely N-dealkylation sites (tertiary alicyclic amines) is 1. The van der Waals surface area contributed by atoms with Gasteiger partial charge in [0.2, 0.25) is 0 Å². The maximum atomic E-state index is 13.3. The number of rotatable bonds is 5. The predicted octanol–water partition coefficient (Wildman–Crippen LogP) is 3.32. The van der Waals surface area contributed by atoms with Crippen LogP contribution in [0.5, 0.6) is 0 Å². The first-order chi connectivity index (χ1) is 16.8. The fraction of sp³-hybridized carbons (Fsp3) is 0.192. The van der Waals surface area contributed by atoms with Crippen LogP contribution in [-0.2, 0) is 11.3 Å². The average molecular weight is 475 g/mol. The van der Waals surface area contributed by atoms with Gasteiger partial charge in [-0.2, -0.15) is 0 Å². The van der Waals surface area contributed by atoms with Gasteiger partial charge in [-0.15, -0.1) is 0 Å². The number of amides is 2. The number of hydrogen-bond donors (Lipinski definition) is 4. The normalized spacial score (nSPS) is 18.4. The Morgan fingerprint density at radius 3 is 2.63 bits per heavy atom. The lowest BCUT2D eigenvalue weighted by atomic mass is 9.90. The van der Waals surface area contributed by atoms with Gasteiger partial charge in [-0.05, 0) is 48.0 Å². The summed E-state index contributed by atoms with van der Waals surface area (Å²) >= 11 is 0. The van der Waals surface area contributed by atoms with Gasteiger partial charge < -0.3 is 26.7 Å². The monoisotopic (exact) mass is 474 g/mol. The number of carbonyl (C=O) groups is 2. The maximum Gasteiger partial charge on any atom is 0.271 e. The van der Waals surface area contributed by atoms with Gasteiger partial charge in [0.25, 0.3) is 11.8 Å². The van der Waals surface area contributed by atoms with E-state index in [4.69, 9.17) is 16.5 Å². The molecule has 1 fully saturated rings. The first-order valence-corrected chi connectivity index (χ1v) is 11.2. The number of nitrogen functional groups attached to an aromatic ring is 1. The third-order valence-electron chi connectivity index (χ3n) is 5.79. The lowest BCUT2D eigenvalue weighted by Crippen LogP contribution is -2.46. The Balaban J connectivity index is 1.66. The highest BCUT2D eigenvalue weighted by Gasteiger charge is 2.32. The third-order valence-corrected chi connectivity index (χ3v) is 5.79. The van der Waals surface area contributed by atoms with Gasteiger partial charge in [0.15, 0.2) is 0 Å². The van der Waals surface area contributed by atoms with Gasteiger partial charge in [-0.1, -0.05) is 25.1 Å². The van der Waals surface area contributed by atoms with Crippen LogP contribution in [0, 0.1) is 11.7 Å². The summed E-state index contributed by atoms with van der Waals surface area (Å²) in [7, 11) is 0. The second-order valence-electron chi connectivity index (χ2n) is 8.47. The smallest absolute Gasteiger partial charge is 0.271 e. The van der Waals surface area contributed by atoms with Gasteiger partial charge in [0, 0.05) is 41.3 Å². The molecule has 1 aliphatic rings. The van der Waals surface area contributed by atoms with Gasteiger partial charge in [-0.25, -0.2) is 4.39 Å². The number of piperidine rings is 1. The Bertz CT molecular complexity index is 1280. The minimum Gasteiger partial charge on any atom is -0.399 e. The van der Waals surface area contributed by atoms with Crippen molar-refractivity contribution in [2.24, 2.45) is 16.6 Å². The van der Waals surface area contributed by atoms with E-state index >= 15 is 0 Å². The molecule has 1 aliphatic heterocycles. The topological polar surface area (TPSA) is 130 Å². The molecule has 2 heterocycles. The maximum absolute atomic E-state index is 13.3. The zero-order valence-corrected chi connectivity index (χ0v) is 19.3. The SMILES string of the molecule is CC1CN(C(=O)c2ccc[nH]2)CC(=C(N)C(=O)Nc2cccc(N)c2)C1=NCc1ccc(F)cc1. The molecule has 8 nitrogen and oxygen atoms in total. The number of anilines is 2. The molecule has 180 valence electrons. The van der Waals surface area contributed by atoms with Crippen molar-refractivity contribution >= 4 is 28.9 Å². The van der Waals surface area contributed by atoms with Crippen molar-refractivity contribution in [2.75, 3.05) is 24.1 Å². The van der Waals surface area contributed by atoms with Crippen LogP contribution in [0.2, 0.25) is 0 Å². The van der Waals surface area contributed by atoms with Gasteiger partial charge in [0.05, 0.1) is 13.1 Å². The number of H-pyrrole nitrogens is 1. The molecule has 0 aliphatic carbocycles. The number of nitrogens with one attached hydrogen (secondary N) is 2. The van der Waals surface area contributed by atoms with Crippen LogP contribution in [0.3, 0.4) is 0 Å². The summed E-state index contributed by atoms with van der Waals surface area (Å²) in [6, 6.07) is 16.3. The van der Waals surface area contributed by atoms with Gasteiger partial charge in [0.1, 0.15) is 17.2 Å². The number of halogens is 1. The fourth-order valence-electron chi connectivity index (χ4n) is 4.03. The number of aromatic nitrogens is 1. The van der Waals surface area contributed by atoms with Gasteiger partial charge >= 0.3 is 0 Å². The Morgan fingerprint density at radius 1 is 1.17 bits per heavy atom. The molecule has 0 spiro atoms. The Kier molecular flexibility index (Phi) is 6.96. The quantitative estimate of drug-likeness (QED) is 0.334. The molecule has 1 saturated heterocycles. The summed E-state index contributed by atoms with van der Waals surface area (Å²) < 4.78 is 13.3. The van der Waals surface area contributed by atoms with E-state index in [0.717, 1.165) is 5.56 Å². The highest BCUT2D eigenvalue weighted by Crippen LogP contribution is 2.24. The second-order valence-corrected chi connectivity index (χ2v) is 8.47. The number of carbonyl (C=O) groups excluding carboxylic acids is 2. The van der Waals surface area contributed by atoms with Crippen molar-refractivity contribution in [3.8, 4) is 0 Å². The molecule has 35 heavy (non-hydrogen) atoms. The lowest BCUT2D eigenvalue weighted by molar-refractivity contribution is -0.113. The molecule has 6 N–H and O–H groups in total. The highest BCUT2D eigenvalue weighted by atomic mass is 19.1. The van der Waals surface area contributed by atoms with Crippen molar-refractivity contribution in [2.45, 2.75) is 13.5 Å². The third kappa shape index (κ3) is 5.57. The van der Waals surface area contributed by atoms with Crippen LogP contribution in [-0.4, -0.2) is 40.5 Å². The van der Waals surface area contributed by atoms with Crippen molar-refractivity contribution in [1.29, 1.82) is 0 Å². The van der Waals surface area contributed by atoms with Crippen LogP contribution in [0.25, 0.3) is 0 Å². The minimum absolute atomic E-state index is 0.0267. The summed E-state index contributed by atoms with van der Waals surface area (Å²) in [6.45, 7) is 2.76. The van der Waals surface area contributed by atoms with E-state index in [1.165, 1.54) is 12.1 Å². The molecule has 3 aromatic rings. The van der Waals surface area contributed by atoms with Crippen LogP contribution in [0.4, 0.5) is 15.8 Å². The molecule has 2 amide bonds. The molecule has 0 bridgehead atoms. The second kappa shape index (κ2) is 10.3. The van der Waals surface area contributed by atoms with E-state index in [0.29, 0.717) is 34.9 Å². The number of aliphatic imine (C=N–C) groups is 1. The summed E-state index contributed by atoms with van der Waals surface area (Å²) in [5.41, 5.74) is 15.5. The zero-order valence-electron chi connectivity index (χ0n) is 19.3. The first kappa shape index (κ1) is 23.7. The number of hydrogen-bond acceptors (Lipinski definition) is 5. The molecule has 1 atom stereocenters. The molecule has 0 saturated carbocycles. The molecular weight excluding hydrogens is 447 g/mol. The van der Waals surface area contributed by atoms with Crippen LogP contribution in [0.1, 0.15) is 23.0 Å². The number of nitrogens with two attached hydrogens (primary N) is 2. The van der Waals surface area contributed by atoms with Crippen LogP contribution < -0.4 is 16.8 Å². The van der Waals surface area contributed by atoms with Crippen molar-refractivity contribution in [3.05, 3.63) is 95.2 Å². The Hall–Kier alpha value is -4.40. The first-order valence-electron chi connectivity index (χ1n) is 11.2. The number of nitrogens with zero attached hydrogens (tertiary/aromatic N) is 2. The Morgan fingerprint density at radius 2 is 1.94 bits per heavy atom. The Labute approximate surface area is 202 Å². The van der Waals surface area contributed by atoms with E-state index in [1.54, 1.807) is 59.6 Å². The predicted molar refractivity (Wildman–Crippen MR) is 134 cm³/mol. The van der Waals surface area contributed by atoms with E-state index in [2.05, 4.69) is 10.3 Å². The van der Waals surface area contributed by atoms with Crippen LogP contribution in [0.15, 0.2) is 83.1 Å². The minimum atomic E-state index is -0.513. The van der Waals surface area contributed by atoms with Crippen molar-refractivity contribution in [1.82, 2.24) is 9.88 Å². The summed E-state index contributed by atoms with van der Waals surface area (Å²) in [4.78, 5) is 35.4. The summed E-state index contributed by atoms with van der Waals surface area (Å²) in [5.74, 6) is -1.21.